The number of nitro groups is 1. The monoisotopic (exact) mass is 311 g/mol. The number of non-ortho nitro benzene ring substituents is 1. The van der Waals surface area contributed by atoms with E-state index in [1.54, 1.807) is 0 Å². The summed E-state index contributed by atoms with van der Waals surface area (Å²) in [4.78, 5) is 34.8. The largest absolute Gasteiger partial charge is 0.340 e. The van der Waals surface area contributed by atoms with Gasteiger partial charge in [-0.2, -0.15) is 0 Å². The molecule has 23 heavy (non-hydrogen) atoms. The summed E-state index contributed by atoms with van der Waals surface area (Å²) in [6.45, 7) is 0. The lowest BCUT2D eigenvalue weighted by Gasteiger charge is -2.14. The molecule has 7 heteroatoms. The van der Waals surface area contributed by atoms with Crippen molar-refractivity contribution in [3.05, 3.63) is 69.8 Å². The zero-order valence-corrected chi connectivity index (χ0v) is 12.0. The van der Waals surface area contributed by atoms with E-state index in [9.17, 15) is 19.7 Å². The predicted molar refractivity (Wildman–Crippen MR) is 83.1 cm³/mol. The number of fused-ring (bicyclic) bond motifs is 1. The highest BCUT2D eigenvalue weighted by molar-refractivity contribution is 6.10. The fourth-order valence-electron chi connectivity index (χ4n) is 2.46. The molecule has 0 saturated heterocycles. The van der Waals surface area contributed by atoms with Gasteiger partial charge in [0.2, 0.25) is 5.91 Å². The summed E-state index contributed by atoms with van der Waals surface area (Å²) in [5.74, 6) is -0.837. The summed E-state index contributed by atoms with van der Waals surface area (Å²) in [6, 6.07) is 12.3. The number of hydrogen-bond acceptors (Lipinski definition) is 4. The van der Waals surface area contributed by atoms with Crippen molar-refractivity contribution < 1.29 is 14.5 Å². The fraction of sp³-hybridized carbons (Fsp3) is 0.125. The first-order valence-corrected chi connectivity index (χ1v) is 6.98. The van der Waals surface area contributed by atoms with Crippen LogP contribution in [0.3, 0.4) is 0 Å². The Labute approximate surface area is 131 Å². The summed E-state index contributed by atoms with van der Waals surface area (Å²) in [5.41, 5.74) is 1.08. The van der Waals surface area contributed by atoms with E-state index >= 15 is 0 Å². The van der Waals surface area contributed by atoms with Crippen molar-refractivity contribution in [1.82, 2.24) is 5.32 Å². The highest BCUT2D eigenvalue weighted by Crippen LogP contribution is 2.25. The van der Waals surface area contributed by atoms with Gasteiger partial charge in [0.15, 0.2) is 0 Å². The number of anilines is 1. The SMILES string of the molecule is O=C1NC(Cc2ccccc2)C(=O)Nc2cc([N+](=O)[O-])ccc21. The zero-order chi connectivity index (χ0) is 16.4. The molecule has 1 unspecified atom stereocenters. The third kappa shape index (κ3) is 3.03. The summed E-state index contributed by atoms with van der Waals surface area (Å²) in [5, 5.41) is 16.1. The van der Waals surface area contributed by atoms with Crippen LogP contribution < -0.4 is 10.6 Å². The normalized spacial score (nSPS) is 16.8. The van der Waals surface area contributed by atoms with Crippen molar-refractivity contribution in [3.63, 3.8) is 0 Å². The van der Waals surface area contributed by atoms with Gasteiger partial charge in [0.05, 0.1) is 16.2 Å². The first kappa shape index (κ1) is 14.7. The summed E-state index contributed by atoms with van der Waals surface area (Å²) >= 11 is 0. The second kappa shape index (κ2) is 5.88. The summed E-state index contributed by atoms with van der Waals surface area (Å²) < 4.78 is 0. The van der Waals surface area contributed by atoms with Gasteiger partial charge >= 0.3 is 0 Å². The molecule has 2 aromatic rings. The standard InChI is InChI=1S/C16H13N3O4/c20-15-12-7-6-11(19(22)23)9-13(12)17-16(21)14(18-15)8-10-4-2-1-3-5-10/h1-7,9,14H,8H2,(H,17,21)(H,18,20). The van der Waals surface area contributed by atoms with Crippen molar-refractivity contribution in [2.45, 2.75) is 12.5 Å². The Morgan fingerprint density at radius 3 is 2.52 bits per heavy atom. The van der Waals surface area contributed by atoms with Crippen LogP contribution in [0.4, 0.5) is 11.4 Å². The Morgan fingerprint density at radius 1 is 1.09 bits per heavy atom. The molecule has 1 aliphatic heterocycles. The van der Waals surface area contributed by atoms with E-state index < -0.39 is 22.8 Å². The van der Waals surface area contributed by atoms with Crippen molar-refractivity contribution in [2.24, 2.45) is 0 Å². The molecular formula is C16H13N3O4. The molecule has 1 heterocycles. The maximum Gasteiger partial charge on any atom is 0.271 e. The maximum absolute atomic E-state index is 12.3. The van der Waals surface area contributed by atoms with Gasteiger partial charge in [-0.3, -0.25) is 19.7 Å². The molecule has 0 radical (unpaired) electrons. The zero-order valence-electron chi connectivity index (χ0n) is 12.0. The topological polar surface area (TPSA) is 101 Å². The molecule has 0 bridgehead atoms. The highest BCUT2D eigenvalue weighted by atomic mass is 16.6. The number of amides is 2. The molecule has 0 saturated carbocycles. The average molecular weight is 311 g/mol. The van der Waals surface area contributed by atoms with Gasteiger partial charge in [-0.1, -0.05) is 30.3 Å². The lowest BCUT2D eigenvalue weighted by atomic mass is 10.1. The Morgan fingerprint density at radius 2 is 1.83 bits per heavy atom. The van der Waals surface area contributed by atoms with Crippen LogP contribution in [-0.4, -0.2) is 22.8 Å². The quantitative estimate of drug-likeness (QED) is 0.667. The molecule has 116 valence electrons. The van der Waals surface area contributed by atoms with Gasteiger partial charge in [0.25, 0.3) is 11.6 Å². The number of benzene rings is 2. The molecule has 0 fully saturated rings. The predicted octanol–water partition coefficient (Wildman–Crippen LogP) is 1.89. The lowest BCUT2D eigenvalue weighted by Crippen LogP contribution is -2.42. The first-order valence-electron chi connectivity index (χ1n) is 6.98. The van der Waals surface area contributed by atoms with Gasteiger partial charge in [-0.15, -0.1) is 0 Å². The highest BCUT2D eigenvalue weighted by Gasteiger charge is 2.29. The molecule has 0 aliphatic carbocycles. The van der Waals surface area contributed by atoms with Gasteiger partial charge in [0, 0.05) is 18.6 Å². The Balaban J connectivity index is 1.89. The molecular weight excluding hydrogens is 298 g/mol. The number of carbonyl (C=O) groups excluding carboxylic acids is 2. The van der Waals surface area contributed by atoms with Crippen LogP contribution in [-0.2, 0) is 11.2 Å². The number of nitrogens with zero attached hydrogens (tertiary/aromatic N) is 1. The number of nitrogens with one attached hydrogen (secondary N) is 2. The van der Waals surface area contributed by atoms with Crippen LogP contribution in [0.5, 0.6) is 0 Å². The third-order valence-corrected chi connectivity index (χ3v) is 3.62. The van der Waals surface area contributed by atoms with Crippen molar-refractivity contribution in [1.29, 1.82) is 0 Å². The second-order valence-electron chi connectivity index (χ2n) is 5.19. The molecule has 0 aromatic heterocycles. The summed E-state index contributed by atoms with van der Waals surface area (Å²) in [7, 11) is 0. The van der Waals surface area contributed by atoms with E-state index in [-0.39, 0.29) is 16.9 Å². The van der Waals surface area contributed by atoms with Gasteiger partial charge in [-0.25, -0.2) is 0 Å². The fourth-order valence-corrected chi connectivity index (χ4v) is 2.46. The maximum atomic E-state index is 12.3. The lowest BCUT2D eigenvalue weighted by molar-refractivity contribution is -0.384. The Bertz CT molecular complexity index is 789. The van der Waals surface area contributed by atoms with Crippen LogP contribution in [0.1, 0.15) is 15.9 Å². The van der Waals surface area contributed by atoms with Gasteiger partial charge < -0.3 is 10.6 Å². The molecule has 1 atom stereocenters. The number of carbonyl (C=O) groups is 2. The molecule has 2 amide bonds. The number of nitro benzene ring substituents is 1. The van der Waals surface area contributed by atoms with Crippen LogP contribution in [0.2, 0.25) is 0 Å². The van der Waals surface area contributed by atoms with E-state index in [0.29, 0.717) is 6.42 Å². The number of rotatable bonds is 3. The smallest absolute Gasteiger partial charge is 0.271 e. The first-order chi connectivity index (χ1) is 11.0. The van der Waals surface area contributed by atoms with Gasteiger partial charge in [0.1, 0.15) is 6.04 Å². The van der Waals surface area contributed by atoms with Crippen molar-refractivity contribution in [2.75, 3.05) is 5.32 Å². The van der Waals surface area contributed by atoms with Crippen LogP contribution >= 0.6 is 0 Å². The van der Waals surface area contributed by atoms with Crippen LogP contribution in [0.15, 0.2) is 48.5 Å². The third-order valence-electron chi connectivity index (χ3n) is 3.62. The van der Waals surface area contributed by atoms with Gasteiger partial charge in [-0.05, 0) is 11.6 Å². The molecule has 1 aliphatic rings. The molecule has 0 spiro atoms. The van der Waals surface area contributed by atoms with E-state index in [1.165, 1.54) is 18.2 Å². The minimum absolute atomic E-state index is 0.150. The minimum Gasteiger partial charge on any atom is -0.340 e. The molecule has 3 rings (SSSR count). The van der Waals surface area contributed by atoms with Crippen LogP contribution in [0, 0.1) is 10.1 Å². The Hall–Kier alpha value is -3.22. The average Bonchev–Trinajstić information content (AvgIpc) is 2.65. The van der Waals surface area contributed by atoms with E-state index in [1.807, 2.05) is 30.3 Å². The molecule has 7 nitrogen and oxygen atoms in total. The van der Waals surface area contributed by atoms with Crippen molar-refractivity contribution in [3.8, 4) is 0 Å². The molecule has 2 aromatic carbocycles. The van der Waals surface area contributed by atoms with E-state index in [4.69, 9.17) is 0 Å². The summed E-state index contributed by atoms with van der Waals surface area (Å²) in [6.07, 6.45) is 0.342. The Kier molecular flexibility index (Phi) is 3.76. The second-order valence-corrected chi connectivity index (χ2v) is 5.19. The van der Waals surface area contributed by atoms with Crippen LogP contribution in [0.25, 0.3) is 0 Å². The molecule has 2 N–H and O–H groups in total. The van der Waals surface area contributed by atoms with Crippen molar-refractivity contribution >= 4 is 23.2 Å². The number of hydrogen-bond donors (Lipinski definition) is 2. The minimum atomic E-state index is -0.739. The van der Waals surface area contributed by atoms with E-state index in [0.717, 1.165) is 5.56 Å². The van der Waals surface area contributed by atoms with E-state index in [2.05, 4.69) is 10.6 Å².